The normalized spacial score (nSPS) is 11.5. The van der Waals surface area contributed by atoms with Gasteiger partial charge in [-0.2, -0.15) is 5.10 Å². The number of aryl methyl sites for hydroxylation is 1. The van der Waals surface area contributed by atoms with Gasteiger partial charge in [0.1, 0.15) is 6.33 Å². The van der Waals surface area contributed by atoms with E-state index in [2.05, 4.69) is 39.3 Å². The minimum Gasteiger partial charge on any atom is -0.461 e. The van der Waals surface area contributed by atoms with E-state index < -0.39 is 0 Å². The largest absolute Gasteiger partial charge is 0.461 e. The van der Waals surface area contributed by atoms with Gasteiger partial charge < -0.3 is 4.42 Å². The van der Waals surface area contributed by atoms with Crippen LogP contribution >= 0.6 is 0 Å². The maximum atomic E-state index is 5.41. The van der Waals surface area contributed by atoms with Gasteiger partial charge in [-0.05, 0) is 36.8 Å². The molecule has 0 saturated carbocycles. The highest BCUT2D eigenvalue weighted by Gasteiger charge is 2.16. The fourth-order valence-electron chi connectivity index (χ4n) is 2.84. The Labute approximate surface area is 136 Å². The SMILES string of the molecule is Cc1cccc(-n2ncc3c2ncn2c(-c4ccco4)nnc32)c1. The van der Waals surface area contributed by atoms with Crippen LogP contribution in [0, 0.1) is 6.92 Å². The van der Waals surface area contributed by atoms with Crippen molar-refractivity contribution in [3.8, 4) is 17.3 Å². The molecule has 0 fully saturated rings. The lowest BCUT2D eigenvalue weighted by Gasteiger charge is -2.04. The summed E-state index contributed by atoms with van der Waals surface area (Å²) in [6.07, 6.45) is 5.07. The fraction of sp³-hybridized carbons (Fsp3) is 0.0588. The van der Waals surface area contributed by atoms with E-state index in [1.54, 1.807) is 18.8 Å². The van der Waals surface area contributed by atoms with E-state index in [4.69, 9.17) is 4.42 Å². The molecule has 0 aliphatic heterocycles. The molecule has 4 aromatic heterocycles. The number of hydrogen-bond acceptors (Lipinski definition) is 5. The Kier molecular flexibility index (Phi) is 2.58. The van der Waals surface area contributed by atoms with Crippen molar-refractivity contribution in [2.24, 2.45) is 0 Å². The molecule has 0 saturated heterocycles. The van der Waals surface area contributed by atoms with E-state index in [0.29, 0.717) is 17.2 Å². The van der Waals surface area contributed by atoms with Crippen molar-refractivity contribution in [1.29, 1.82) is 0 Å². The van der Waals surface area contributed by atoms with Gasteiger partial charge in [-0.1, -0.05) is 12.1 Å². The first-order valence-corrected chi connectivity index (χ1v) is 7.50. The summed E-state index contributed by atoms with van der Waals surface area (Å²) in [5.41, 5.74) is 3.57. The Morgan fingerprint density at radius 1 is 1.04 bits per heavy atom. The topological polar surface area (TPSA) is 74.0 Å². The molecule has 7 heteroatoms. The Morgan fingerprint density at radius 3 is 2.83 bits per heavy atom. The lowest BCUT2D eigenvalue weighted by Crippen LogP contribution is -1.99. The molecule has 5 aromatic rings. The van der Waals surface area contributed by atoms with Crippen LogP contribution in [0.2, 0.25) is 0 Å². The molecule has 0 bridgehead atoms. The number of furan rings is 1. The summed E-state index contributed by atoms with van der Waals surface area (Å²) < 4.78 is 9.03. The van der Waals surface area contributed by atoms with Gasteiger partial charge >= 0.3 is 0 Å². The van der Waals surface area contributed by atoms with Crippen molar-refractivity contribution in [3.05, 3.63) is 60.7 Å². The number of nitrogens with zero attached hydrogens (tertiary/aromatic N) is 6. The van der Waals surface area contributed by atoms with Crippen molar-refractivity contribution < 1.29 is 4.42 Å². The monoisotopic (exact) mass is 316 g/mol. The maximum Gasteiger partial charge on any atom is 0.205 e. The molecule has 1 aromatic carbocycles. The Balaban J connectivity index is 1.76. The zero-order chi connectivity index (χ0) is 16.1. The lowest BCUT2D eigenvalue weighted by molar-refractivity contribution is 0.576. The first kappa shape index (κ1) is 13.0. The molecule has 0 unspecified atom stereocenters. The summed E-state index contributed by atoms with van der Waals surface area (Å²) in [6, 6.07) is 11.8. The fourth-order valence-corrected chi connectivity index (χ4v) is 2.84. The Morgan fingerprint density at radius 2 is 2.00 bits per heavy atom. The molecule has 0 aliphatic rings. The third-order valence-electron chi connectivity index (χ3n) is 3.96. The van der Waals surface area contributed by atoms with E-state index in [1.165, 1.54) is 5.56 Å². The van der Waals surface area contributed by atoms with Crippen molar-refractivity contribution in [2.75, 3.05) is 0 Å². The number of fused-ring (bicyclic) bond motifs is 3. The van der Waals surface area contributed by atoms with Gasteiger partial charge in [-0.25, -0.2) is 9.67 Å². The van der Waals surface area contributed by atoms with Gasteiger partial charge in [0.25, 0.3) is 0 Å². The number of benzene rings is 1. The van der Waals surface area contributed by atoms with Crippen LogP contribution in [0.5, 0.6) is 0 Å². The molecular formula is C17H12N6O. The summed E-state index contributed by atoms with van der Waals surface area (Å²) in [5.74, 6) is 1.27. The molecule has 0 aliphatic carbocycles. The van der Waals surface area contributed by atoms with Crippen molar-refractivity contribution >= 4 is 16.7 Å². The van der Waals surface area contributed by atoms with Gasteiger partial charge in [0.15, 0.2) is 17.1 Å². The van der Waals surface area contributed by atoms with Gasteiger partial charge in [0.2, 0.25) is 5.82 Å². The molecular weight excluding hydrogens is 304 g/mol. The van der Waals surface area contributed by atoms with E-state index in [-0.39, 0.29) is 0 Å². The molecule has 0 atom stereocenters. The van der Waals surface area contributed by atoms with Crippen LogP contribution < -0.4 is 0 Å². The third kappa shape index (κ3) is 1.78. The molecule has 0 radical (unpaired) electrons. The molecule has 0 spiro atoms. The first-order valence-electron chi connectivity index (χ1n) is 7.50. The zero-order valence-corrected chi connectivity index (χ0v) is 12.8. The van der Waals surface area contributed by atoms with Gasteiger partial charge in [0, 0.05) is 0 Å². The smallest absolute Gasteiger partial charge is 0.205 e. The minimum atomic E-state index is 0.618. The standard InChI is InChI=1S/C17H12N6O/c1-11-4-2-5-12(8-11)23-15-13(9-19-23)16-20-21-17(22(16)10-18-15)14-6-3-7-24-14/h2-10H,1H3. The second kappa shape index (κ2) is 4.76. The highest BCUT2D eigenvalue weighted by Crippen LogP contribution is 2.24. The summed E-state index contributed by atoms with van der Waals surface area (Å²) in [4.78, 5) is 4.56. The van der Waals surface area contributed by atoms with Crippen LogP contribution in [0.4, 0.5) is 0 Å². The summed E-state index contributed by atoms with van der Waals surface area (Å²) >= 11 is 0. The number of aromatic nitrogens is 6. The molecule has 0 N–H and O–H groups in total. The molecule has 5 rings (SSSR count). The first-order chi connectivity index (χ1) is 11.8. The van der Waals surface area contributed by atoms with Crippen LogP contribution in [0.25, 0.3) is 34.0 Å². The molecule has 24 heavy (non-hydrogen) atoms. The van der Waals surface area contributed by atoms with Gasteiger partial charge in [0.05, 0.1) is 23.5 Å². The van der Waals surface area contributed by atoms with Crippen molar-refractivity contribution in [3.63, 3.8) is 0 Å². The van der Waals surface area contributed by atoms with E-state index in [9.17, 15) is 0 Å². The molecule has 0 amide bonds. The predicted octanol–water partition coefficient (Wildman–Crippen LogP) is 3.03. The number of rotatable bonds is 2. The van der Waals surface area contributed by atoms with Crippen LogP contribution in [0.3, 0.4) is 0 Å². The van der Waals surface area contributed by atoms with Crippen LogP contribution in [-0.2, 0) is 0 Å². The van der Waals surface area contributed by atoms with E-state index in [0.717, 1.165) is 16.7 Å². The summed E-state index contributed by atoms with van der Waals surface area (Å²) in [5, 5.41) is 13.8. The zero-order valence-electron chi connectivity index (χ0n) is 12.8. The highest BCUT2D eigenvalue weighted by atomic mass is 16.3. The average molecular weight is 316 g/mol. The van der Waals surface area contributed by atoms with E-state index >= 15 is 0 Å². The van der Waals surface area contributed by atoms with E-state index in [1.807, 2.05) is 33.3 Å². The Bertz CT molecular complexity index is 1170. The minimum absolute atomic E-state index is 0.618. The van der Waals surface area contributed by atoms with Crippen LogP contribution in [-0.4, -0.2) is 29.4 Å². The quantitative estimate of drug-likeness (QED) is 0.500. The molecule has 7 nitrogen and oxygen atoms in total. The summed E-state index contributed by atoms with van der Waals surface area (Å²) in [6.45, 7) is 2.05. The van der Waals surface area contributed by atoms with Crippen molar-refractivity contribution in [2.45, 2.75) is 6.92 Å². The maximum absolute atomic E-state index is 5.41. The highest BCUT2D eigenvalue weighted by molar-refractivity contribution is 5.90. The van der Waals surface area contributed by atoms with Crippen LogP contribution in [0.1, 0.15) is 5.56 Å². The van der Waals surface area contributed by atoms with Gasteiger partial charge in [-0.15, -0.1) is 10.2 Å². The van der Waals surface area contributed by atoms with Crippen LogP contribution in [0.15, 0.2) is 59.6 Å². The van der Waals surface area contributed by atoms with Gasteiger partial charge in [-0.3, -0.25) is 4.40 Å². The van der Waals surface area contributed by atoms with Crippen molar-refractivity contribution in [1.82, 2.24) is 29.4 Å². The summed E-state index contributed by atoms with van der Waals surface area (Å²) in [7, 11) is 0. The average Bonchev–Trinajstić information content (AvgIpc) is 3.32. The predicted molar refractivity (Wildman–Crippen MR) is 87.8 cm³/mol. The molecule has 116 valence electrons. The second-order valence-electron chi connectivity index (χ2n) is 5.57. The second-order valence-corrected chi connectivity index (χ2v) is 5.57. The lowest BCUT2D eigenvalue weighted by atomic mass is 10.2. The third-order valence-corrected chi connectivity index (χ3v) is 3.96. The molecule has 4 heterocycles. The number of hydrogen-bond donors (Lipinski definition) is 0. The Hall–Kier alpha value is -3.48.